The van der Waals surface area contributed by atoms with E-state index in [0.717, 1.165) is 17.8 Å². The van der Waals surface area contributed by atoms with E-state index in [1.807, 2.05) is 27.8 Å². The van der Waals surface area contributed by atoms with E-state index in [2.05, 4.69) is 9.97 Å². The van der Waals surface area contributed by atoms with E-state index in [1.165, 1.54) is 0 Å². The molecule has 1 atom stereocenters. The van der Waals surface area contributed by atoms with Crippen molar-refractivity contribution in [2.45, 2.75) is 39.2 Å². The Labute approximate surface area is 106 Å². The second-order valence-corrected chi connectivity index (χ2v) is 5.16. The molecule has 1 aliphatic rings. The topological polar surface area (TPSA) is 46.1 Å². The van der Waals surface area contributed by atoms with E-state index in [0.29, 0.717) is 5.56 Å². The number of fused-ring (bicyclic) bond motifs is 1. The summed E-state index contributed by atoms with van der Waals surface area (Å²) in [6.07, 6.45) is 0.736. The molecule has 2 rings (SSSR count). The number of aromatic nitrogens is 2. The molecular weight excluding hydrogens is 238 g/mol. The third kappa shape index (κ3) is 2.02. The predicted octanol–water partition coefficient (Wildman–Crippen LogP) is 2.27. The number of carbonyl (C=O) groups excluding carboxylic acids is 1. The molecule has 0 aliphatic carbocycles. The van der Waals surface area contributed by atoms with Crippen molar-refractivity contribution < 1.29 is 4.79 Å². The molecule has 1 aromatic rings. The van der Waals surface area contributed by atoms with Crippen LogP contribution in [0.5, 0.6) is 0 Å². The van der Waals surface area contributed by atoms with Crippen LogP contribution in [0.1, 0.15) is 48.4 Å². The molecule has 0 bridgehead atoms. The molecule has 0 saturated heterocycles. The maximum absolute atomic E-state index is 12.3. The Morgan fingerprint density at radius 1 is 1.41 bits per heavy atom. The van der Waals surface area contributed by atoms with Crippen LogP contribution in [0.25, 0.3) is 0 Å². The standard InChI is InChI=1S/C12H16ClN3O/c1-6(2)10-9-8(14-12(13)15-10)5-7(3)16(4)11(9)17/h6-7H,5H2,1-4H3. The highest BCUT2D eigenvalue weighted by Crippen LogP contribution is 2.28. The van der Waals surface area contributed by atoms with E-state index in [1.54, 1.807) is 4.90 Å². The third-order valence-corrected chi connectivity index (χ3v) is 3.38. The molecule has 5 heteroatoms. The van der Waals surface area contributed by atoms with Crippen molar-refractivity contribution in [2.24, 2.45) is 0 Å². The predicted molar refractivity (Wildman–Crippen MR) is 66.4 cm³/mol. The van der Waals surface area contributed by atoms with E-state index in [4.69, 9.17) is 11.6 Å². The number of hydrogen-bond acceptors (Lipinski definition) is 3. The van der Waals surface area contributed by atoms with E-state index in [9.17, 15) is 4.79 Å². The average Bonchev–Trinajstić information content (AvgIpc) is 2.24. The minimum absolute atomic E-state index is 0.000818. The van der Waals surface area contributed by atoms with Gasteiger partial charge < -0.3 is 4.90 Å². The number of likely N-dealkylation sites (N-methyl/N-ethyl adjacent to an activating group) is 1. The zero-order chi connectivity index (χ0) is 12.7. The molecule has 2 heterocycles. The smallest absolute Gasteiger partial charge is 0.257 e. The summed E-state index contributed by atoms with van der Waals surface area (Å²) in [5, 5.41) is 0.233. The number of nitrogens with zero attached hydrogens (tertiary/aromatic N) is 3. The number of carbonyl (C=O) groups is 1. The summed E-state index contributed by atoms with van der Waals surface area (Å²) in [7, 11) is 1.81. The largest absolute Gasteiger partial charge is 0.338 e. The summed E-state index contributed by atoms with van der Waals surface area (Å²) >= 11 is 5.91. The summed E-state index contributed by atoms with van der Waals surface area (Å²) in [4.78, 5) is 22.4. The lowest BCUT2D eigenvalue weighted by Gasteiger charge is -2.32. The summed E-state index contributed by atoms with van der Waals surface area (Å²) in [6, 6.07) is 0.154. The lowest BCUT2D eigenvalue weighted by Crippen LogP contribution is -2.42. The van der Waals surface area contributed by atoms with Gasteiger partial charge in [-0.15, -0.1) is 0 Å². The van der Waals surface area contributed by atoms with Crippen LogP contribution in [-0.2, 0) is 6.42 Å². The molecule has 1 aromatic heterocycles. The van der Waals surface area contributed by atoms with Gasteiger partial charge in [0, 0.05) is 19.5 Å². The Kier molecular flexibility index (Phi) is 3.08. The maximum atomic E-state index is 12.3. The molecular formula is C12H16ClN3O. The number of amides is 1. The first-order valence-electron chi connectivity index (χ1n) is 5.75. The molecule has 0 radical (unpaired) electrons. The van der Waals surface area contributed by atoms with Crippen molar-refractivity contribution in [1.82, 2.24) is 14.9 Å². The minimum atomic E-state index is -0.000818. The molecule has 1 aliphatic heterocycles. The van der Waals surface area contributed by atoms with E-state index >= 15 is 0 Å². The molecule has 1 unspecified atom stereocenters. The lowest BCUT2D eigenvalue weighted by molar-refractivity contribution is 0.0716. The van der Waals surface area contributed by atoms with Gasteiger partial charge in [0.25, 0.3) is 5.91 Å². The molecule has 1 amide bonds. The SMILES string of the molecule is CC(C)c1nc(Cl)nc2c1C(=O)N(C)C(C)C2. The first-order valence-corrected chi connectivity index (χ1v) is 6.13. The van der Waals surface area contributed by atoms with Crippen LogP contribution in [0.4, 0.5) is 0 Å². The van der Waals surface area contributed by atoms with Crippen LogP contribution >= 0.6 is 11.6 Å². The monoisotopic (exact) mass is 253 g/mol. The van der Waals surface area contributed by atoms with Crippen LogP contribution in [0, 0.1) is 0 Å². The fourth-order valence-corrected chi connectivity index (χ4v) is 2.28. The van der Waals surface area contributed by atoms with Gasteiger partial charge in [0.15, 0.2) is 0 Å². The van der Waals surface area contributed by atoms with Crippen molar-refractivity contribution >= 4 is 17.5 Å². The highest BCUT2D eigenvalue weighted by Gasteiger charge is 2.32. The summed E-state index contributed by atoms with van der Waals surface area (Å²) < 4.78 is 0. The fraction of sp³-hybridized carbons (Fsp3) is 0.583. The zero-order valence-corrected chi connectivity index (χ0v) is 11.2. The average molecular weight is 254 g/mol. The molecule has 0 saturated carbocycles. The number of halogens is 1. The Balaban J connectivity index is 2.64. The molecule has 4 nitrogen and oxygen atoms in total. The van der Waals surface area contributed by atoms with E-state index < -0.39 is 0 Å². The highest BCUT2D eigenvalue weighted by molar-refractivity contribution is 6.28. The van der Waals surface area contributed by atoms with Crippen molar-refractivity contribution in [3.05, 3.63) is 22.2 Å². The third-order valence-electron chi connectivity index (χ3n) is 3.22. The zero-order valence-electron chi connectivity index (χ0n) is 10.5. The van der Waals surface area contributed by atoms with Crippen molar-refractivity contribution in [3.8, 4) is 0 Å². The van der Waals surface area contributed by atoms with Gasteiger partial charge >= 0.3 is 0 Å². The normalized spacial score (nSPS) is 19.8. The van der Waals surface area contributed by atoms with Gasteiger partial charge in [-0.3, -0.25) is 4.79 Å². The molecule has 0 fully saturated rings. The van der Waals surface area contributed by atoms with Crippen LogP contribution in [0.15, 0.2) is 0 Å². The Morgan fingerprint density at radius 3 is 2.65 bits per heavy atom. The Morgan fingerprint density at radius 2 is 2.06 bits per heavy atom. The second-order valence-electron chi connectivity index (χ2n) is 4.82. The van der Waals surface area contributed by atoms with Crippen LogP contribution in [0.2, 0.25) is 5.28 Å². The molecule has 17 heavy (non-hydrogen) atoms. The van der Waals surface area contributed by atoms with Gasteiger partial charge in [-0.25, -0.2) is 9.97 Å². The van der Waals surface area contributed by atoms with Gasteiger partial charge in [0.2, 0.25) is 5.28 Å². The van der Waals surface area contributed by atoms with Crippen LogP contribution in [0.3, 0.4) is 0 Å². The first-order chi connectivity index (χ1) is 7.91. The molecule has 0 N–H and O–H groups in total. The fourth-order valence-electron chi connectivity index (χ4n) is 2.09. The lowest BCUT2D eigenvalue weighted by atomic mass is 9.94. The first kappa shape index (κ1) is 12.3. The molecule has 92 valence electrons. The highest BCUT2D eigenvalue weighted by atomic mass is 35.5. The van der Waals surface area contributed by atoms with Crippen LogP contribution in [-0.4, -0.2) is 33.9 Å². The van der Waals surface area contributed by atoms with Crippen LogP contribution < -0.4 is 0 Å². The van der Waals surface area contributed by atoms with Gasteiger partial charge in [-0.2, -0.15) is 0 Å². The van der Waals surface area contributed by atoms with E-state index in [-0.39, 0.29) is 23.2 Å². The second kappa shape index (κ2) is 4.26. The van der Waals surface area contributed by atoms with Gasteiger partial charge in [0.05, 0.1) is 17.0 Å². The Hall–Kier alpha value is -1.16. The molecule has 0 aromatic carbocycles. The van der Waals surface area contributed by atoms with Gasteiger partial charge in [0.1, 0.15) is 0 Å². The van der Waals surface area contributed by atoms with Gasteiger partial charge in [-0.1, -0.05) is 13.8 Å². The van der Waals surface area contributed by atoms with Crippen molar-refractivity contribution in [2.75, 3.05) is 7.05 Å². The molecule has 0 spiro atoms. The minimum Gasteiger partial charge on any atom is -0.338 e. The summed E-state index contributed by atoms with van der Waals surface area (Å²) in [5.74, 6) is 0.161. The number of rotatable bonds is 1. The Bertz CT molecular complexity index is 473. The van der Waals surface area contributed by atoms with Crippen molar-refractivity contribution in [3.63, 3.8) is 0 Å². The van der Waals surface area contributed by atoms with Gasteiger partial charge in [-0.05, 0) is 24.4 Å². The number of hydrogen-bond donors (Lipinski definition) is 0. The van der Waals surface area contributed by atoms with Crippen molar-refractivity contribution in [1.29, 1.82) is 0 Å². The maximum Gasteiger partial charge on any atom is 0.257 e. The quantitative estimate of drug-likeness (QED) is 0.722. The summed E-state index contributed by atoms with van der Waals surface area (Å²) in [6.45, 7) is 6.01. The summed E-state index contributed by atoms with van der Waals surface area (Å²) in [5.41, 5.74) is 2.18.